The second-order valence-corrected chi connectivity index (χ2v) is 8.24. The number of anilines is 1. The number of carboxylic acids is 1. The molecule has 1 aromatic rings. The van der Waals surface area contributed by atoms with Crippen LogP contribution in [0.15, 0.2) is 24.3 Å². The Morgan fingerprint density at radius 1 is 1.14 bits per heavy atom. The van der Waals surface area contributed by atoms with Crippen LogP contribution < -0.4 is 10.6 Å². The molecule has 2 saturated heterocycles. The highest BCUT2D eigenvalue weighted by Crippen LogP contribution is 2.43. The van der Waals surface area contributed by atoms with Gasteiger partial charge in [-0.05, 0) is 49.4 Å². The summed E-state index contributed by atoms with van der Waals surface area (Å²) in [5, 5.41) is 16.3. The van der Waals surface area contributed by atoms with Crippen LogP contribution in [0.25, 0.3) is 0 Å². The highest BCUT2D eigenvalue weighted by Gasteiger charge is 2.48. The highest BCUT2D eigenvalue weighted by atomic mass is 16.4. The van der Waals surface area contributed by atoms with E-state index in [2.05, 4.69) is 0 Å². The van der Waals surface area contributed by atoms with Gasteiger partial charge in [-0.3, -0.25) is 19.8 Å². The zero-order chi connectivity index (χ0) is 21.2. The first-order valence-electron chi connectivity index (χ1n) is 9.98. The van der Waals surface area contributed by atoms with E-state index >= 15 is 0 Å². The van der Waals surface area contributed by atoms with E-state index in [0.29, 0.717) is 38.0 Å². The average molecular weight is 400 g/mol. The van der Waals surface area contributed by atoms with Gasteiger partial charge in [0.05, 0.1) is 5.41 Å². The number of carbonyl (C=O) groups excluding carboxylic acids is 2. The number of nitrogens with one attached hydrogen (secondary N) is 1. The van der Waals surface area contributed by atoms with Gasteiger partial charge in [0.2, 0.25) is 11.8 Å². The van der Waals surface area contributed by atoms with Crippen molar-refractivity contribution in [2.75, 3.05) is 24.5 Å². The molecule has 4 N–H and O–H groups in total. The summed E-state index contributed by atoms with van der Waals surface area (Å²) >= 11 is 0. The van der Waals surface area contributed by atoms with E-state index in [1.807, 2.05) is 12.1 Å². The summed E-state index contributed by atoms with van der Waals surface area (Å²) in [4.78, 5) is 40.0. The van der Waals surface area contributed by atoms with Gasteiger partial charge in [0, 0.05) is 43.7 Å². The molecule has 0 radical (unpaired) electrons. The quantitative estimate of drug-likeness (QED) is 0.496. The van der Waals surface area contributed by atoms with Crippen molar-refractivity contribution in [1.29, 1.82) is 5.41 Å². The van der Waals surface area contributed by atoms with Crippen LogP contribution >= 0.6 is 0 Å². The van der Waals surface area contributed by atoms with Crippen molar-refractivity contribution in [3.63, 3.8) is 0 Å². The molecule has 2 aliphatic rings. The Morgan fingerprint density at radius 3 is 2.28 bits per heavy atom. The number of aliphatic carboxylic acids is 1. The van der Waals surface area contributed by atoms with Crippen LogP contribution in [-0.4, -0.2) is 53.3 Å². The number of nitrogens with two attached hydrogens (primary N) is 1. The first kappa shape index (κ1) is 20.8. The summed E-state index contributed by atoms with van der Waals surface area (Å²) in [6, 6.07) is 7.12. The van der Waals surface area contributed by atoms with E-state index in [-0.39, 0.29) is 36.4 Å². The summed E-state index contributed by atoms with van der Waals surface area (Å²) in [6.45, 7) is 3.47. The monoisotopic (exact) mass is 400 g/mol. The van der Waals surface area contributed by atoms with Gasteiger partial charge in [0.15, 0.2) is 0 Å². The number of benzene rings is 1. The van der Waals surface area contributed by atoms with Crippen molar-refractivity contribution >= 4 is 29.3 Å². The molecule has 0 bridgehead atoms. The largest absolute Gasteiger partial charge is 0.481 e. The zero-order valence-electron chi connectivity index (χ0n) is 16.7. The standard InChI is InChI=1S/C21H28N4O4/c1-14(13-18(27)28)12-17(26)24-9-6-21(7-10-24)8-11-25(20(21)29)16-4-2-15(3-5-16)19(22)23/h2-5,14H,6-13H2,1H3,(H3,22,23)(H,27,28)/t14-/m0/s1. The second kappa shape index (κ2) is 8.23. The minimum absolute atomic E-state index is 0.00418. The number of hydrogen-bond acceptors (Lipinski definition) is 4. The third-order valence-corrected chi connectivity index (χ3v) is 6.12. The molecule has 1 atom stereocenters. The van der Waals surface area contributed by atoms with E-state index in [0.717, 1.165) is 12.1 Å². The maximum absolute atomic E-state index is 13.2. The number of piperidine rings is 1. The molecule has 0 aromatic heterocycles. The average Bonchev–Trinajstić information content (AvgIpc) is 2.97. The lowest BCUT2D eigenvalue weighted by molar-refractivity contribution is -0.140. The zero-order valence-corrected chi connectivity index (χ0v) is 16.7. The van der Waals surface area contributed by atoms with E-state index in [1.165, 1.54) is 0 Å². The third-order valence-electron chi connectivity index (χ3n) is 6.12. The number of nitrogens with zero attached hydrogens (tertiary/aromatic N) is 2. The molecule has 2 heterocycles. The summed E-state index contributed by atoms with van der Waals surface area (Å²) in [7, 11) is 0. The Labute approximate surface area is 170 Å². The van der Waals surface area contributed by atoms with Crippen LogP contribution in [0.1, 0.15) is 44.6 Å². The van der Waals surface area contributed by atoms with Gasteiger partial charge in [-0.15, -0.1) is 0 Å². The lowest BCUT2D eigenvalue weighted by atomic mass is 9.77. The van der Waals surface area contributed by atoms with E-state index < -0.39 is 11.4 Å². The molecule has 1 aromatic carbocycles. The van der Waals surface area contributed by atoms with Crippen LogP contribution in [0.4, 0.5) is 5.69 Å². The SMILES string of the molecule is C[C@H](CC(=O)O)CC(=O)N1CCC2(CC1)CCN(c1ccc(C(=N)N)cc1)C2=O. The molecular weight excluding hydrogens is 372 g/mol. The number of nitrogen functional groups attached to an aromatic ring is 1. The number of likely N-dealkylation sites (tertiary alicyclic amines) is 1. The fraction of sp³-hybridized carbons (Fsp3) is 0.524. The van der Waals surface area contributed by atoms with Crippen molar-refractivity contribution < 1.29 is 19.5 Å². The summed E-state index contributed by atoms with van der Waals surface area (Å²) < 4.78 is 0. The lowest BCUT2D eigenvalue weighted by Gasteiger charge is -2.38. The van der Waals surface area contributed by atoms with Gasteiger partial charge in [0.25, 0.3) is 0 Å². The molecule has 2 aliphatic heterocycles. The fourth-order valence-corrected chi connectivity index (χ4v) is 4.33. The third kappa shape index (κ3) is 4.41. The molecular formula is C21H28N4O4. The molecule has 8 nitrogen and oxygen atoms in total. The van der Waals surface area contributed by atoms with Gasteiger partial charge in [-0.25, -0.2) is 0 Å². The Balaban J connectivity index is 1.59. The summed E-state index contributed by atoms with van der Waals surface area (Å²) in [5.74, 6) is -1.03. The van der Waals surface area contributed by atoms with Crippen molar-refractivity contribution in [3.8, 4) is 0 Å². The number of hydrogen-bond donors (Lipinski definition) is 3. The van der Waals surface area contributed by atoms with Crippen LogP contribution in [0.5, 0.6) is 0 Å². The number of carbonyl (C=O) groups is 3. The van der Waals surface area contributed by atoms with Gasteiger partial charge in [-0.2, -0.15) is 0 Å². The molecule has 2 fully saturated rings. The van der Waals surface area contributed by atoms with Crippen molar-refractivity contribution in [1.82, 2.24) is 4.90 Å². The van der Waals surface area contributed by atoms with Crippen LogP contribution in [-0.2, 0) is 14.4 Å². The Kier molecular flexibility index (Phi) is 5.91. The maximum atomic E-state index is 13.2. The minimum atomic E-state index is -0.893. The van der Waals surface area contributed by atoms with E-state index in [1.54, 1.807) is 28.9 Å². The molecule has 8 heteroatoms. The lowest BCUT2D eigenvalue weighted by Crippen LogP contribution is -2.47. The van der Waals surface area contributed by atoms with Crippen molar-refractivity contribution in [2.45, 2.75) is 39.0 Å². The Bertz CT molecular complexity index is 812. The topological polar surface area (TPSA) is 128 Å². The van der Waals surface area contributed by atoms with Gasteiger partial charge < -0.3 is 20.6 Å². The fourth-order valence-electron chi connectivity index (χ4n) is 4.33. The van der Waals surface area contributed by atoms with Gasteiger partial charge in [-0.1, -0.05) is 6.92 Å². The predicted octanol–water partition coefficient (Wildman–Crippen LogP) is 1.82. The number of amidine groups is 1. The van der Waals surface area contributed by atoms with Crippen LogP contribution in [0.2, 0.25) is 0 Å². The smallest absolute Gasteiger partial charge is 0.303 e. The summed E-state index contributed by atoms with van der Waals surface area (Å²) in [5.41, 5.74) is 6.49. The predicted molar refractivity (Wildman–Crippen MR) is 109 cm³/mol. The second-order valence-electron chi connectivity index (χ2n) is 8.24. The van der Waals surface area contributed by atoms with Crippen molar-refractivity contribution in [3.05, 3.63) is 29.8 Å². The Hall–Kier alpha value is -2.90. The number of rotatable bonds is 6. The maximum Gasteiger partial charge on any atom is 0.303 e. The van der Waals surface area contributed by atoms with Gasteiger partial charge in [0.1, 0.15) is 5.84 Å². The summed E-state index contributed by atoms with van der Waals surface area (Å²) in [6.07, 6.45) is 2.23. The highest BCUT2D eigenvalue weighted by molar-refractivity contribution is 6.01. The molecule has 156 valence electrons. The Morgan fingerprint density at radius 2 is 1.72 bits per heavy atom. The van der Waals surface area contributed by atoms with E-state index in [4.69, 9.17) is 16.2 Å². The van der Waals surface area contributed by atoms with Crippen LogP contribution in [0.3, 0.4) is 0 Å². The molecule has 3 rings (SSSR count). The molecule has 0 saturated carbocycles. The normalized spacial score (nSPS) is 19.4. The molecule has 1 spiro atoms. The van der Waals surface area contributed by atoms with Gasteiger partial charge >= 0.3 is 5.97 Å². The number of amides is 2. The first-order chi connectivity index (χ1) is 13.7. The number of carboxylic acid groups (broad SMARTS) is 1. The molecule has 2 amide bonds. The van der Waals surface area contributed by atoms with Crippen LogP contribution in [0, 0.1) is 16.7 Å². The molecule has 29 heavy (non-hydrogen) atoms. The molecule has 0 aliphatic carbocycles. The van der Waals surface area contributed by atoms with Crippen molar-refractivity contribution in [2.24, 2.45) is 17.1 Å². The van der Waals surface area contributed by atoms with E-state index in [9.17, 15) is 14.4 Å². The first-order valence-corrected chi connectivity index (χ1v) is 9.98. The minimum Gasteiger partial charge on any atom is -0.481 e. The molecule has 0 unspecified atom stereocenters.